The van der Waals surface area contributed by atoms with Crippen molar-refractivity contribution in [2.45, 2.75) is 31.3 Å². The molecular weight excluding hydrogens is 501 g/mol. The number of Topliss-reactive ketones (excluding diaryl/α,β-unsaturated/α-hetero) is 1. The third-order valence-electron chi connectivity index (χ3n) is 6.45. The summed E-state index contributed by atoms with van der Waals surface area (Å²) in [4.78, 5) is 63.5. The van der Waals surface area contributed by atoms with Crippen molar-refractivity contribution in [2.75, 3.05) is 4.90 Å². The molecule has 2 fully saturated rings. The second kappa shape index (κ2) is 9.00. The molecule has 0 bridgehead atoms. The molecule has 2 aliphatic heterocycles. The van der Waals surface area contributed by atoms with E-state index in [0.29, 0.717) is 4.90 Å². The zero-order valence-electron chi connectivity index (χ0n) is 19.0. The number of carbonyl (C=O) groups is 5. The number of nitrogens with one attached hydrogen (secondary N) is 1. The Labute approximate surface area is 206 Å². The second-order valence-corrected chi connectivity index (χ2v) is 8.71. The van der Waals surface area contributed by atoms with Crippen LogP contribution in [0.15, 0.2) is 48.5 Å². The second-order valence-electron chi connectivity index (χ2n) is 8.71. The molecule has 0 aromatic heterocycles. The van der Waals surface area contributed by atoms with Crippen molar-refractivity contribution < 1.29 is 52.1 Å². The van der Waals surface area contributed by atoms with E-state index in [0.717, 1.165) is 12.1 Å². The Bertz CT molecular complexity index is 1310. The fourth-order valence-corrected chi connectivity index (χ4v) is 4.97. The number of anilines is 1. The molecule has 2 heterocycles. The first-order valence-electron chi connectivity index (χ1n) is 10.8. The van der Waals surface area contributed by atoms with Crippen molar-refractivity contribution in [1.29, 1.82) is 0 Å². The fraction of sp³-hybridized carbons (Fsp3) is 0.292. The zero-order valence-corrected chi connectivity index (χ0v) is 19.0. The molecule has 4 unspecified atom stereocenters. The number of nitrogens with zero attached hydrogens (tertiary/aromatic N) is 1. The van der Waals surface area contributed by atoms with Gasteiger partial charge in [0.15, 0.2) is 5.78 Å². The van der Waals surface area contributed by atoms with Gasteiger partial charge in [0.1, 0.15) is 11.3 Å². The van der Waals surface area contributed by atoms with Gasteiger partial charge in [-0.05, 0) is 48.9 Å². The number of halogens is 3. The highest BCUT2D eigenvalue weighted by Crippen LogP contribution is 2.51. The third-order valence-corrected chi connectivity index (χ3v) is 6.45. The number of hydrogen-bond acceptors (Lipinski definition) is 7. The Morgan fingerprint density at radius 2 is 1.70 bits per heavy atom. The largest absolute Gasteiger partial charge is 0.573 e. The number of alkyl halides is 3. The van der Waals surface area contributed by atoms with E-state index in [2.05, 4.69) is 10.1 Å². The van der Waals surface area contributed by atoms with E-state index in [4.69, 9.17) is 0 Å². The van der Waals surface area contributed by atoms with Crippen molar-refractivity contribution in [3.05, 3.63) is 59.7 Å². The Kier molecular flexibility index (Phi) is 6.28. The number of carboxylic acid groups (broad SMARTS) is 2. The third kappa shape index (κ3) is 4.53. The summed E-state index contributed by atoms with van der Waals surface area (Å²) >= 11 is 0. The van der Waals surface area contributed by atoms with Gasteiger partial charge in [-0.3, -0.25) is 29.3 Å². The van der Waals surface area contributed by atoms with E-state index < -0.39 is 65.7 Å². The summed E-state index contributed by atoms with van der Waals surface area (Å²) in [6.07, 6.45) is -6.12. The molecule has 4 atom stereocenters. The lowest BCUT2D eigenvalue weighted by atomic mass is 9.77. The Morgan fingerprint density at radius 1 is 1.05 bits per heavy atom. The van der Waals surface area contributed by atoms with Gasteiger partial charge in [-0.1, -0.05) is 12.1 Å². The Hall–Kier alpha value is -4.26. The minimum Gasteiger partial charge on any atom is -0.481 e. The van der Waals surface area contributed by atoms with Crippen molar-refractivity contribution in [3.8, 4) is 5.75 Å². The predicted octanol–water partition coefficient (Wildman–Crippen LogP) is 2.54. The van der Waals surface area contributed by atoms with Crippen LogP contribution in [0.5, 0.6) is 5.75 Å². The van der Waals surface area contributed by atoms with E-state index in [9.17, 15) is 47.4 Å². The maximum absolute atomic E-state index is 13.6. The highest BCUT2D eigenvalue weighted by Gasteiger charge is 2.69. The molecule has 0 radical (unpaired) electrons. The molecule has 13 heteroatoms. The van der Waals surface area contributed by atoms with Gasteiger partial charge in [0.05, 0.1) is 23.9 Å². The summed E-state index contributed by atoms with van der Waals surface area (Å²) in [6.45, 7) is 1.31. The predicted molar refractivity (Wildman–Crippen MR) is 118 cm³/mol. The van der Waals surface area contributed by atoms with E-state index in [1.165, 1.54) is 43.3 Å². The van der Waals surface area contributed by atoms with Gasteiger partial charge >= 0.3 is 18.3 Å². The summed E-state index contributed by atoms with van der Waals surface area (Å²) in [7, 11) is 0. The van der Waals surface area contributed by atoms with Gasteiger partial charge in [0.25, 0.3) is 0 Å². The number of amides is 2. The van der Waals surface area contributed by atoms with E-state index in [1.807, 2.05) is 0 Å². The average molecular weight is 520 g/mol. The van der Waals surface area contributed by atoms with Crippen LogP contribution >= 0.6 is 0 Å². The molecule has 10 nitrogen and oxygen atoms in total. The van der Waals surface area contributed by atoms with Crippen LogP contribution in [-0.4, -0.2) is 51.7 Å². The summed E-state index contributed by atoms with van der Waals surface area (Å²) in [5.74, 6) is -9.25. The Morgan fingerprint density at radius 3 is 2.24 bits per heavy atom. The van der Waals surface area contributed by atoms with E-state index >= 15 is 0 Å². The molecule has 3 N–H and O–H groups in total. The molecule has 4 rings (SSSR count). The van der Waals surface area contributed by atoms with Gasteiger partial charge in [0, 0.05) is 11.6 Å². The molecule has 2 amide bonds. The number of ketones is 1. The van der Waals surface area contributed by atoms with Crippen molar-refractivity contribution in [1.82, 2.24) is 5.32 Å². The average Bonchev–Trinajstić information content (AvgIpc) is 3.27. The van der Waals surface area contributed by atoms with Gasteiger partial charge < -0.3 is 14.9 Å². The van der Waals surface area contributed by atoms with E-state index in [1.54, 1.807) is 0 Å². The topological polar surface area (TPSA) is 150 Å². The van der Waals surface area contributed by atoms with Gasteiger partial charge in [0.2, 0.25) is 11.8 Å². The number of ether oxygens (including phenoxy) is 1. The lowest BCUT2D eigenvalue weighted by Gasteiger charge is -2.29. The SMILES string of the molecule is CC(=O)c1ccc(N2C(=O)C3C(c4cccc(OC(F)(F)F)c4)NC(CC(=O)O)(C(=O)O)C3C2=O)cc1. The van der Waals surface area contributed by atoms with Crippen LogP contribution < -0.4 is 15.0 Å². The quantitative estimate of drug-likeness (QED) is 0.370. The molecule has 0 spiro atoms. The highest BCUT2D eigenvalue weighted by atomic mass is 19.4. The number of carboxylic acids is 2. The molecule has 2 aromatic rings. The van der Waals surface area contributed by atoms with Crippen LogP contribution in [0.1, 0.15) is 35.3 Å². The van der Waals surface area contributed by atoms with Crippen LogP contribution in [-0.2, 0) is 19.2 Å². The minimum atomic E-state index is -5.03. The van der Waals surface area contributed by atoms with E-state index in [-0.39, 0.29) is 22.6 Å². The van der Waals surface area contributed by atoms with Crippen LogP contribution in [0.25, 0.3) is 0 Å². The van der Waals surface area contributed by atoms with Gasteiger partial charge in [-0.2, -0.15) is 0 Å². The first-order chi connectivity index (χ1) is 17.2. The van der Waals surface area contributed by atoms with Crippen molar-refractivity contribution >= 4 is 35.2 Å². The zero-order chi connectivity index (χ0) is 27.3. The molecule has 0 saturated carbocycles. The molecule has 194 valence electrons. The van der Waals surface area contributed by atoms with Crippen LogP contribution in [0, 0.1) is 11.8 Å². The van der Waals surface area contributed by atoms with Gasteiger partial charge in [-0.15, -0.1) is 13.2 Å². The molecule has 2 saturated heterocycles. The van der Waals surface area contributed by atoms with Crippen LogP contribution in [0.3, 0.4) is 0 Å². The Balaban J connectivity index is 1.83. The van der Waals surface area contributed by atoms with Crippen molar-refractivity contribution in [2.24, 2.45) is 11.8 Å². The normalized spacial score (nSPS) is 25.2. The van der Waals surface area contributed by atoms with Crippen LogP contribution in [0.2, 0.25) is 0 Å². The number of benzene rings is 2. The van der Waals surface area contributed by atoms with Gasteiger partial charge in [-0.25, -0.2) is 4.90 Å². The smallest absolute Gasteiger partial charge is 0.481 e. The molecular formula is C24H19F3N2O8. The summed E-state index contributed by atoms with van der Waals surface area (Å²) in [5, 5.41) is 22.1. The first-order valence-corrected chi connectivity index (χ1v) is 10.8. The molecule has 0 aliphatic carbocycles. The number of hydrogen-bond donors (Lipinski definition) is 3. The number of imide groups is 1. The van der Waals surface area contributed by atoms with Crippen LogP contribution in [0.4, 0.5) is 18.9 Å². The first kappa shape index (κ1) is 25.8. The number of rotatable bonds is 7. The molecule has 2 aliphatic rings. The fourth-order valence-electron chi connectivity index (χ4n) is 4.97. The highest BCUT2D eigenvalue weighted by molar-refractivity contribution is 6.24. The van der Waals surface area contributed by atoms with Crippen molar-refractivity contribution in [3.63, 3.8) is 0 Å². The molecule has 37 heavy (non-hydrogen) atoms. The lowest BCUT2D eigenvalue weighted by molar-refractivity contribution is -0.274. The maximum atomic E-state index is 13.6. The lowest BCUT2D eigenvalue weighted by Crippen LogP contribution is -2.57. The summed E-state index contributed by atoms with van der Waals surface area (Å²) in [6, 6.07) is 8.43. The number of aliphatic carboxylic acids is 2. The molecule has 2 aromatic carbocycles. The minimum absolute atomic E-state index is 0.0137. The standard InChI is InChI=1S/C24H19F3N2O8/c1-11(30)12-5-7-14(8-6-12)29-20(33)17-18(21(29)34)23(22(35)36,10-16(31)32)28-19(17)13-3-2-4-15(9-13)37-24(25,26)27/h2-9,17-19,28H,10H2,1H3,(H,31,32)(H,35,36). The maximum Gasteiger partial charge on any atom is 0.573 e. The summed E-state index contributed by atoms with van der Waals surface area (Å²) in [5.41, 5.74) is -2.14. The monoisotopic (exact) mass is 520 g/mol. The number of carbonyl (C=O) groups excluding carboxylic acids is 3. The summed E-state index contributed by atoms with van der Waals surface area (Å²) < 4.78 is 42.2. The number of fused-ring (bicyclic) bond motifs is 1.